The Morgan fingerprint density at radius 3 is 2.50 bits per heavy atom. The quantitative estimate of drug-likeness (QED) is 0.785. The maximum absolute atomic E-state index is 10.8. The molecule has 1 rings (SSSR count). The minimum absolute atomic E-state index is 0.0628. The van der Waals surface area contributed by atoms with Crippen LogP contribution in [0.5, 0.6) is 5.75 Å². The Labute approximate surface area is 111 Å². The van der Waals surface area contributed by atoms with Gasteiger partial charge in [-0.3, -0.25) is 4.79 Å². The maximum Gasteiger partial charge on any atom is 0.320 e. The van der Waals surface area contributed by atoms with Crippen LogP contribution in [0.4, 0.5) is 0 Å². The van der Waals surface area contributed by atoms with Gasteiger partial charge in [0.25, 0.3) is 0 Å². The van der Waals surface area contributed by atoms with Crippen molar-refractivity contribution in [2.24, 2.45) is 5.73 Å². The number of carboxylic acids is 1. The van der Waals surface area contributed by atoms with Gasteiger partial charge in [-0.1, -0.05) is 25.4 Å². The Balaban J connectivity index is 3.29. The fraction of sp³-hybridized carbons (Fsp3) is 0.462. The van der Waals surface area contributed by atoms with Gasteiger partial charge < -0.3 is 15.9 Å². The van der Waals surface area contributed by atoms with E-state index in [2.05, 4.69) is 0 Å². The number of hydrogen-bond acceptors (Lipinski definition) is 3. The van der Waals surface area contributed by atoms with E-state index in [9.17, 15) is 9.90 Å². The average Bonchev–Trinajstić information content (AvgIpc) is 2.28. The molecule has 0 aromatic heterocycles. The molecule has 0 heterocycles. The molecular weight excluding hydrogens is 254 g/mol. The molecule has 0 radical (unpaired) electrons. The summed E-state index contributed by atoms with van der Waals surface area (Å²) in [6, 6.07) is 0.667. The first-order valence-corrected chi connectivity index (χ1v) is 6.12. The number of halogens is 1. The van der Waals surface area contributed by atoms with E-state index in [4.69, 9.17) is 22.4 Å². The fourth-order valence-electron chi connectivity index (χ4n) is 1.81. The van der Waals surface area contributed by atoms with E-state index >= 15 is 0 Å². The summed E-state index contributed by atoms with van der Waals surface area (Å²) in [5.41, 5.74) is 7.41. The highest BCUT2D eigenvalue weighted by atomic mass is 35.5. The van der Waals surface area contributed by atoms with E-state index in [1.165, 1.54) is 0 Å². The fourth-order valence-corrected chi connectivity index (χ4v) is 2.04. The van der Waals surface area contributed by atoms with Crippen LogP contribution in [0.2, 0.25) is 5.02 Å². The van der Waals surface area contributed by atoms with E-state index in [-0.39, 0.29) is 18.1 Å². The number of phenols is 1. The lowest BCUT2D eigenvalue weighted by Crippen LogP contribution is -2.32. The van der Waals surface area contributed by atoms with E-state index < -0.39 is 12.0 Å². The van der Waals surface area contributed by atoms with E-state index in [0.717, 1.165) is 0 Å². The van der Waals surface area contributed by atoms with Crippen LogP contribution in [0.15, 0.2) is 6.07 Å². The van der Waals surface area contributed by atoms with E-state index in [0.29, 0.717) is 21.7 Å². The second kappa shape index (κ2) is 5.59. The van der Waals surface area contributed by atoms with Crippen molar-refractivity contribution in [3.63, 3.8) is 0 Å². The second-order valence-corrected chi connectivity index (χ2v) is 5.11. The van der Waals surface area contributed by atoms with Gasteiger partial charge in [-0.25, -0.2) is 0 Å². The first-order chi connectivity index (χ1) is 8.25. The van der Waals surface area contributed by atoms with Crippen LogP contribution in [0.25, 0.3) is 0 Å². The van der Waals surface area contributed by atoms with Crippen molar-refractivity contribution in [2.75, 3.05) is 0 Å². The number of aromatic hydroxyl groups is 1. The van der Waals surface area contributed by atoms with Crippen LogP contribution in [0.3, 0.4) is 0 Å². The van der Waals surface area contributed by atoms with Crippen molar-refractivity contribution in [3.05, 3.63) is 27.8 Å². The molecule has 4 N–H and O–H groups in total. The normalized spacial score (nSPS) is 12.8. The van der Waals surface area contributed by atoms with Crippen molar-refractivity contribution < 1.29 is 15.0 Å². The largest absolute Gasteiger partial charge is 0.507 e. The molecule has 0 saturated carbocycles. The number of aliphatic carboxylic acids is 1. The molecular formula is C13H18ClNO3. The SMILES string of the molecule is Cc1c(Cl)cc(C(C)C)c(O)c1CC(N)C(=O)O. The Morgan fingerprint density at radius 2 is 2.06 bits per heavy atom. The average molecular weight is 272 g/mol. The minimum Gasteiger partial charge on any atom is -0.507 e. The zero-order chi connectivity index (χ0) is 14.0. The number of carbonyl (C=O) groups is 1. The van der Waals surface area contributed by atoms with Crippen molar-refractivity contribution >= 4 is 17.6 Å². The molecule has 18 heavy (non-hydrogen) atoms. The monoisotopic (exact) mass is 271 g/mol. The van der Waals surface area contributed by atoms with Crippen LogP contribution < -0.4 is 5.73 Å². The first kappa shape index (κ1) is 14.8. The smallest absolute Gasteiger partial charge is 0.320 e. The third-order valence-corrected chi connectivity index (χ3v) is 3.41. The van der Waals surface area contributed by atoms with E-state index in [1.807, 2.05) is 13.8 Å². The summed E-state index contributed by atoms with van der Waals surface area (Å²) in [5.74, 6) is -0.897. The van der Waals surface area contributed by atoms with Gasteiger partial charge in [0.2, 0.25) is 0 Å². The maximum atomic E-state index is 10.8. The lowest BCUT2D eigenvalue weighted by atomic mass is 9.92. The number of benzene rings is 1. The molecule has 0 aliphatic heterocycles. The van der Waals surface area contributed by atoms with Gasteiger partial charge in [-0.15, -0.1) is 0 Å². The Morgan fingerprint density at radius 1 is 1.50 bits per heavy atom. The van der Waals surface area contributed by atoms with Gasteiger partial charge in [-0.2, -0.15) is 0 Å². The highest BCUT2D eigenvalue weighted by Gasteiger charge is 2.20. The van der Waals surface area contributed by atoms with Gasteiger partial charge in [0.15, 0.2) is 0 Å². The molecule has 0 aliphatic rings. The summed E-state index contributed by atoms with van der Waals surface area (Å²) < 4.78 is 0. The molecule has 100 valence electrons. The number of hydrogen-bond donors (Lipinski definition) is 3. The van der Waals surface area contributed by atoms with Crippen molar-refractivity contribution in [2.45, 2.75) is 39.2 Å². The van der Waals surface area contributed by atoms with Gasteiger partial charge in [0, 0.05) is 17.0 Å². The van der Waals surface area contributed by atoms with Gasteiger partial charge in [-0.05, 0) is 30.0 Å². The highest BCUT2D eigenvalue weighted by Crippen LogP contribution is 2.36. The molecule has 0 spiro atoms. The number of phenolic OH excluding ortho intramolecular Hbond substituents is 1. The molecule has 1 atom stereocenters. The molecule has 0 saturated heterocycles. The topological polar surface area (TPSA) is 83.5 Å². The lowest BCUT2D eigenvalue weighted by molar-refractivity contribution is -0.138. The lowest BCUT2D eigenvalue weighted by Gasteiger charge is -2.18. The van der Waals surface area contributed by atoms with Crippen LogP contribution in [0, 0.1) is 6.92 Å². The Bertz CT molecular complexity index is 472. The summed E-state index contributed by atoms with van der Waals surface area (Å²) in [6.07, 6.45) is 0.0628. The molecule has 0 aliphatic carbocycles. The first-order valence-electron chi connectivity index (χ1n) is 5.74. The minimum atomic E-state index is -1.10. The third kappa shape index (κ3) is 2.94. The Hall–Kier alpha value is -1.26. The summed E-state index contributed by atoms with van der Waals surface area (Å²) in [7, 11) is 0. The molecule has 1 aromatic rings. The second-order valence-electron chi connectivity index (χ2n) is 4.70. The summed E-state index contributed by atoms with van der Waals surface area (Å²) in [5, 5.41) is 19.5. The summed E-state index contributed by atoms with van der Waals surface area (Å²) >= 11 is 6.10. The van der Waals surface area contributed by atoms with Crippen LogP contribution in [-0.2, 0) is 11.2 Å². The van der Waals surface area contributed by atoms with Gasteiger partial charge >= 0.3 is 5.97 Å². The third-order valence-electron chi connectivity index (χ3n) is 3.02. The van der Waals surface area contributed by atoms with Crippen LogP contribution in [-0.4, -0.2) is 22.2 Å². The molecule has 0 amide bonds. The van der Waals surface area contributed by atoms with Crippen molar-refractivity contribution in [1.82, 2.24) is 0 Å². The standard InChI is InChI=1S/C13H18ClNO3/c1-6(2)8-4-10(14)7(3)9(12(8)16)5-11(15)13(17)18/h4,6,11,16H,5,15H2,1-3H3,(H,17,18). The predicted molar refractivity (Wildman–Crippen MR) is 71.3 cm³/mol. The number of nitrogens with two attached hydrogens (primary N) is 1. The molecule has 1 unspecified atom stereocenters. The zero-order valence-corrected chi connectivity index (χ0v) is 11.5. The molecule has 5 heteroatoms. The van der Waals surface area contributed by atoms with Crippen LogP contribution in [0.1, 0.15) is 36.5 Å². The summed E-state index contributed by atoms with van der Waals surface area (Å²) in [4.78, 5) is 10.8. The Kier molecular flexibility index (Phi) is 4.59. The predicted octanol–water partition coefficient (Wildman–Crippen LogP) is 2.43. The molecule has 4 nitrogen and oxygen atoms in total. The summed E-state index contributed by atoms with van der Waals surface area (Å²) in [6.45, 7) is 5.61. The number of rotatable bonds is 4. The van der Waals surface area contributed by atoms with Crippen molar-refractivity contribution in [3.8, 4) is 5.75 Å². The van der Waals surface area contributed by atoms with Crippen LogP contribution >= 0.6 is 11.6 Å². The van der Waals surface area contributed by atoms with E-state index in [1.54, 1.807) is 13.0 Å². The number of carboxylic acid groups (broad SMARTS) is 1. The highest BCUT2D eigenvalue weighted by molar-refractivity contribution is 6.31. The van der Waals surface area contributed by atoms with Gasteiger partial charge in [0.1, 0.15) is 11.8 Å². The molecule has 0 bridgehead atoms. The van der Waals surface area contributed by atoms with Crippen molar-refractivity contribution in [1.29, 1.82) is 0 Å². The molecule has 1 aromatic carbocycles. The zero-order valence-electron chi connectivity index (χ0n) is 10.7. The molecule has 0 fully saturated rings. The van der Waals surface area contributed by atoms with Gasteiger partial charge in [0.05, 0.1) is 0 Å².